The minimum absolute atomic E-state index is 0.0589. The number of rotatable bonds is 24. The molecule has 252 valence electrons. The number of unbranched alkanes of at least 4 members (excludes halogenated alkanes) is 2. The van der Waals surface area contributed by atoms with Crippen LogP contribution in [0.1, 0.15) is 64.2 Å². The molecule has 0 aromatic carbocycles. The normalized spacial score (nSPS) is 17.5. The second kappa shape index (κ2) is 19.9. The summed E-state index contributed by atoms with van der Waals surface area (Å²) in [7, 11) is 0. The highest BCUT2D eigenvalue weighted by Crippen LogP contribution is 2.19. The number of hydrogen-bond donors (Lipinski definition) is 4. The molecule has 0 aromatic heterocycles. The van der Waals surface area contributed by atoms with Gasteiger partial charge in [0.25, 0.3) is 0 Å². The van der Waals surface area contributed by atoms with Crippen LogP contribution >= 0.6 is 0 Å². The van der Waals surface area contributed by atoms with Gasteiger partial charge >= 0.3 is 35.8 Å². The van der Waals surface area contributed by atoms with Crippen LogP contribution in [0.25, 0.3) is 0 Å². The molecule has 0 spiro atoms. The van der Waals surface area contributed by atoms with Crippen molar-refractivity contribution in [2.45, 2.75) is 88.6 Å². The Labute approximate surface area is 257 Å². The van der Waals surface area contributed by atoms with Gasteiger partial charge in [-0.3, -0.25) is 38.4 Å². The summed E-state index contributed by atoms with van der Waals surface area (Å²) in [6.07, 6.45) is -2.34. The summed E-state index contributed by atoms with van der Waals surface area (Å²) in [5.41, 5.74) is 0. The molecule has 0 aromatic rings. The number of esters is 4. The van der Waals surface area contributed by atoms with Gasteiger partial charge in [-0.2, -0.15) is 0 Å². The standard InChI is InChI=1S/C27H38N2O16/c30-20(4-2-1-3-5-24(36)42-13-18(6-16-11-40-16)44-26(38)9-22(32)33)28-15-29-21(31)8-25(37)43-14-19(7-17-12-41-17)45-27(39)10-23(34)35/h16-19H,1-15H2,(H,28,30)(H,29,31)(H,32,33)(H,34,35). The molecular weight excluding hydrogens is 608 g/mol. The molecule has 4 unspecified atom stereocenters. The van der Waals surface area contributed by atoms with Crippen molar-refractivity contribution in [2.24, 2.45) is 0 Å². The third-order valence-electron chi connectivity index (χ3n) is 6.06. The molecule has 2 heterocycles. The highest BCUT2D eigenvalue weighted by molar-refractivity contribution is 5.94. The van der Waals surface area contributed by atoms with Gasteiger partial charge in [0.1, 0.15) is 44.7 Å². The third-order valence-corrected chi connectivity index (χ3v) is 6.06. The van der Waals surface area contributed by atoms with Crippen molar-refractivity contribution in [1.29, 1.82) is 0 Å². The highest BCUT2D eigenvalue weighted by atomic mass is 16.6. The topological polar surface area (TPSA) is 263 Å². The van der Waals surface area contributed by atoms with Crippen LogP contribution in [0, 0.1) is 0 Å². The van der Waals surface area contributed by atoms with E-state index < -0.39 is 73.2 Å². The lowest BCUT2D eigenvalue weighted by molar-refractivity contribution is -0.163. The number of aliphatic carboxylic acids is 2. The summed E-state index contributed by atoms with van der Waals surface area (Å²) in [5.74, 6) is -7.20. The molecule has 18 nitrogen and oxygen atoms in total. The maximum atomic E-state index is 12.0. The van der Waals surface area contributed by atoms with Gasteiger partial charge in [-0.05, 0) is 12.8 Å². The lowest BCUT2D eigenvalue weighted by atomic mass is 10.1. The van der Waals surface area contributed by atoms with Crippen molar-refractivity contribution in [3.63, 3.8) is 0 Å². The van der Waals surface area contributed by atoms with E-state index in [9.17, 15) is 38.4 Å². The van der Waals surface area contributed by atoms with E-state index in [0.717, 1.165) is 0 Å². The average Bonchev–Trinajstić information content (AvgIpc) is 3.87. The van der Waals surface area contributed by atoms with E-state index in [1.807, 2.05) is 0 Å². The fourth-order valence-corrected chi connectivity index (χ4v) is 3.75. The minimum atomic E-state index is -1.37. The van der Waals surface area contributed by atoms with Crippen molar-refractivity contribution in [1.82, 2.24) is 10.6 Å². The van der Waals surface area contributed by atoms with Gasteiger partial charge < -0.3 is 49.3 Å². The lowest BCUT2D eigenvalue weighted by Crippen LogP contribution is -2.38. The third kappa shape index (κ3) is 19.6. The lowest BCUT2D eigenvalue weighted by Gasteiger charge is -2.16. The van der Waals surface area contributed by atoms with Crippen molar-refractivity contribution < 1.29 is 77.0 Å². The molecule has 4 atom stereocenters. The van der Waals surface area contributed by atoms with E-state index >= 15 is 0 Å². The first-order valence-electron chi connectivity index (χ1n) is 14.3. The smallest absolute Gasteiger partial charge is 0.317 e. The van der Waals surface area contributed by atoms with Crippen LogP contribution in [0.2, 0.25) is 0 Å². The fourth-order valence-electron chi connectivity index (χ4n) is 3.75. The Kier molecular flexibility index (Phi) is 16.3. The molecule has 2 fully saturated rings. The average molecular weight is 647 g/mol. The van der Waals surface area contributed by atoms with Gasteiger partial charge in [0.05, 0.1) is 32.1 Å². The maximum absolute atomic E-state index is 12.0. The molecule has 0 aliphatic carbocycles. The second-order valence-corrected chi connectivity index (χ2v) is 10.2. The Hall–Kier alpha value is -4.32. The number of carboxylic acids is 2. The fraction of sp³-hybridized carbons (Fsp3) is 0.704. The zero-order chi connectivity index (χ0) is 33.2. The Morgan fingerprint density at radius 2 is 1.09 bits per heavy atom. The molecule has 2 amide bonds. The summed E-state index contributed by atoms with van der Waals surface area (Å²) in [6, 6.07) is 0. The monoisotopic (exact) mass is 646 g/mol. The molecule has 18 heteroatoms. The van der Waals surface area contributed by atoms with Gasteiger partial charge in [0, 0.05) is 25.7 Å². The second-order valence-electron chi connectivity index (χ2n) is 10.2. The molecule has 0 bridgehead atoms. The predicted octanol–water partition coefficient (Wildman–Crippen LogP) is -1.05. The molecule has 2 rings (SSSR count). The van der Waals surface area contributed by atoms with Crippen molar-refractivity contribution in [3.05, 3.63) is 0 Å². The number of carbonyl (C=O) groups excluding carboxylic acids is 6. The van der Waals surface area contributed by atoms with Crippen LogP contribution in [0.5, 0.6) is 0 Å². The zero-order valence-electron chi connectivity index (χ0n) is 24.5. The van der Waals surface area contributed by atoms with E-state index in [4.69, 9.17) is 38.6 Å². The van der Waals surface area contributed by atoms with Crippen LogP contribution in [-0.4, -0.2) is 115 Å². The molecule has 2 aliphatic rings. The van der Waals surface area contributed by atoms with Crippen molar-refractivity contribution in [2.75, 3.05) is 33.1 Å². The van der Waals surface area contributed by atoms with Gasteiger partial charge in [-0.25, -0.2) is 0 Å². The van der Waals surface area contributed by atoms with Crippen LogP contribution in [0.3, 0.4) is 0 Å². The van der Waals surface area contributed by atoms with E-state index in [1.54, 1.807) is 0 Å². The first-order valence-corrected chi connectivity index (χ1v) is 14.3. The van der Waals surface area contributed by atoms with Gasteiger partial charge in [-0.1, -0.05) is 6.42 Å². The van der Waals surface area contributed by atoms with Crippen molar-refractivity contribution >= 4 is 47.6 Å². The van der Waals surface area contributed by atoms with E-state index in [2.05, 4.69) is 10.6 Å². The quantitative estimate of drug-likeness (QED) is 0.0243. The predicted molar refractivity (Wildman–Crippen MR) is 144 cm³/mol. The van der Waals surface area contributed by atoms with Crippen molar-refractivity contribution in [3.8, 4) is 0 Å². The Bertz CT molecular complexity index is 1070. The molecule has 2 aliphatic heterocycles. The van der Waals surface area contributed by atoms with Gasteiger partial charge in [0.15, 0.2) is 0 Å². The first-order chi connectivity index (χ1) is 21.4. The number of hydrogen-bond acceptors (Lipinski definition) is 14. The summed E-state index contributed by atoms with van der Waals surface area (Å²) < 4.78 is 30.2. The zero-order valence-corrected chi connectivity index (χ0v) is 24.5. The van der Waals surface area contributed by atoms with Gasteiger partial charge in [0.2, 0.25) is 11.8 Å². The van der Waals surface area contributed by atoms with Crippen LogP contribution in [0.4, 0.5) is 0 Å². The number of ether oxygens (including phenoxy) is 6. The molecule has 45 heavy (non-hydrogen) atoms. The van der Waals surface area contributed by atoms with Crippen LogP contribution in [-0.2, 0) is 66.8 Å². The van der Waals surface area contributed by atoms with E-state index in [1.165, 1.54) is 0 Å². The number of nitrogens with one attached hydrogen (secondary N) is 2. The molecular formula is C27H38N2O16. The van der Waals surface area contributed by atoms with Gasteiger partial charge in [-0.15, -0.1) is 0 Å². The largest absolute Gasteiger partial charge is 0.481 e. The van der Waals surface area contributed by atoms with E-state index in [0.29, 0.717) is 32.5 Å². The Morgan fingerprint density at radius 1 is 0.622 bits per heavy atom. The number of epoxide rings is 2. The summed E-state index contributed by atoms with van der Waals surface area (Å²) >= 11 is 0. The number of amides is 2. The van der Waals surface area contributed by atoms with Crippen LogP contribution in [0.15, 0.2) is 0 Å². The molecule has 0 saturated carbocycles. The summed E-state index contributed by atoms with van der Waals surface area (Å²) in [4.78, 5) is 92.3. The van der Waals surface area contributed by atoms with Crippen LogP contribution < -0.4 is 10.6 Å². The minimum Gasteiger partial charge on any atom is -0.481 e. The van der Waals surface area contributed by atoms with E-state index in [-0.39, 0.29) is 63.7 Å². The molecule has 4 N–H and O–H groups in total. The highest BCUT2D eigenvalue weighted by Gasteiger charge is 2.31. The number of carboxylic acid groups (broad SMARTS) is 2. The Morgan fingerprint density at radius 3 is 1.58 bits per heavy atom. The SMILES string of the molecule is O=C(O)CC(=O)OC(COC(=O)CCCCCC(=O)NCNC(=O)CC(=O)OCC(CC1CO1)OC(=O)CC(=O)O)CC1CO1. The maximum Gasteiger partial charge on any atom is 0.317 e. The molecule has 2 saturated heterocycles. The molecule has 0 radical (unpaired) electrons. The summed E-state index contributed by atoms with van der Waals surface area (Å²) in [5, 5.41) is 22.1. The summed E-state index contributed by atoms with van der Waals surface area (Å²) in [6.45, 7) is 0.0637. The number of carbonyl (C=O) groups is 8. The Balaban J connectivity index is 1.51. The first kappa shape index (κ1) is 36.9.